The number of carbonyl (C=O) groups is 1. The molecule has 0 atom stereocenters. The van der Waals surface area contributed by atoms with Gasteiger partial charge in [0, 0.05) is 25.9 Å². The number of allylic oxidation sites excluding steroid dienone is 1. The second-order valence-corrected chi connectivity index (χ2v) is 6.16. The van der Waals surface area contributed by atoms with Crippen LogP contribution in [-0.2, 0) is 11.3 Å². The number of unbranched alkanes of at least 4 members (excludes halogenated alkanes) is 2. The van der Waals surface area contributed by atoms with Gasteiger partial charge in [-0.1, -0.05) is 60.4 Å². The van der Waals surface area contributed by atoms with Crippen molar-refractivity contribution in [2.75, 3.05) is 13.6 Å². The average molecular weight is 335 g/mol. The molecule has 3 heteroatoms. The fourth-order valence-corrected chi connectivity index (χ4v) is 2.70. The lowest BCUT2D eigenvalue weighted by atomic mass is 10.0. The average Bonchev–Trinajstić information content (AvgIpc) is 2.60. The molecular formula is C22H25NO2. The lowest BCUT2D eigenvalue weighted by molar-refractivity contribution is -0.137. The number of carboxylic acids is 1. The zero-order valence-electron chi connectivity index (χ0n) is 14.7. The molecule has 0 aliphatic heterocycles. The molecule has 0 bridgehead atoms. The van der Waals surface area contributed by atoms with Crippen molar-refractivity contribution in [2.24, 2.45) is 0 Å². The van der Waals surface area contributed by atoms with E-state index in [1.165, 1.54) is 16.3 Å². The number of benzene rings is 2. The molecule has 0 amide bonds. The van der Waals surface area contributed by atoms with E-state index in [-0.39, 0.29) is 6.42 Å². The molecule has 2 aromatic rings. The summed E-state index contributed by atoms with van der Waals surface area (Å²) < 4.78 is 0. The number of fused-ring (bicyclic) bond motifs is 1. The van der Waals surface area contributed by atoms with Crippen molar-refractivity contribution in [3.8, 4) is 11.8 Å². The third kappa shape index (κ3) is 6.82. The highest BCUT2D eigenvalue weighted by molar-refractivity contribution is 5.85. The second kappa shape index (κ2) is 10.3. The lowest BCUT2D eigenvalue weighted by Crippen LogP contribution is -2.17. The maximum absolute atomic E-state index is 10.4. The maximum atomic E-state index is 10.4. The lowest BCUT2D eigenvalue weighted by Gasteiger charge is -2.15. The van der Waals surface area contributed by atoms with E-state index in [1.807, 2.05) is 6.08 Å². The molecule has 0 aromatic heterocycles. The first-order valence-electron chi connectivity index (χ1n) is 8.67. The van der Waals surface area contributed by atoms with Crippen molar-refractivity contribution in [1.29, 1.82) is 0 Å². The molecule has 1 N–H and O–H groups in total. The Labute approximate surface area is 150 Å². The van der Waals surface area contributed by atoms with Crippen LogP contribution in [0.2, 0.25) is 0 Å². The molecule has 2 aromatic carbocycles. The maximum Gasteiger partial charge on any atom is 0.303 e. The topological polar surface area (TPSA) is 40.5 Å². The molecular weight excluding hydrogens is 310 g/mol. The van der Waals surface area contributed by atoms with Gasteiger partial charge in [-0.25, -0.2) is 0 Å². The minimum Gasteiger partial charge on any atom is -0.481 e. The SMILES string of the molecule is CN(CC=CC#CCCCCC(=O)O)Cc1cccc2ccccc12. The summed E-state index contributed by atoms with van der Waals surface area (Å²) in [5.41, 5.74) is 1.33. The fraction of sp³-hybridized carbons (Fsp3) is 0.318. The summed E-state index contributed by atoms with van der Waals surface area (Å²) in [6.45, 7) is 1.74. The molecule has 0 heterocycles. The van der Waals surface area contributed by atoms with Crippen molar-refractivity contribution in [2.45, 2.75) is 32.2 Å². The van der Waals surface area contributed by atoms with Crippen LogP contribution in [0.4, 0.5) is 0 Å². The van der Waals surface area contributed by atoms with Gasteiger partial charge in [-0.2, -0.15) is 0 Å². The monoisotopic (exact) mass is 335 g/mol. The Bertz CT molecular complexity index is 778. The third-order valence-corrected chi connectivity index (χ3v) is 3.98. The van der Waals surface area contributed by atoms with Crippen LogP contribution in [0.1, 0.15) is 31.2 Å². The Hall–Kier alpha value is -2.57. The van der Waals surface area contributed by atoms with Crippen molar-refractivity contribution in [1.82, 2.24) is 4.90 Å². The summed E-state index contributed by atoms with van der Waals surface area (Å²) in [5, 5.41) is 11.1. The summed E-state index contributed by atoms with van der Waals surface area (Å²) in [6, 6.07) is 14.9. The minimum atomic E-state index is -0.734. The number of rotatable bonds is 8. The van der Waals surface area contributed by atoms with Gasteiger partial charge in [0.25, 0.3) is 0 Å². The molecule has 0 radical (unpaired) electrons. The number of hydrogen-bond acceptors (Lipinski definition) is 2. The molecule has 0 spiro atoms. The van der Waals surface area contributed by atoms with Gasteiger partial charge in [-0.3, -0.25) is 9.69 Å². The van der Waals surface area contributed by atoms with Crippen LogP contribution in [0.5, 0.6) is 0 Å². The molecule has 0 saturated carbocycles. The van der Waals surface area contributed by atoms with E-state index >= 15 is 0 Å². The molecule has 0 unspecified atom stereocenters. The van der Waals surface area contributed by atoms with Crippen molar-refractivity contribution < 1.29 is 9.90 Å². The smallest absolute Gasteiger partial charge is 0.303 e. The summed E-state index contributed by atoms with van der Waals surface area (Å²) in [7, 11) is 2.10. The van der Waals surface area contributed by atoms with Crippen molar-refractivity contribution in [3.05, 3.63) is 60.2 Å². The number of nitrogens with zero attached hydrogens (tertiary/aromatic N) is 1. The first kappa shape index (κ1) is 18.8. The normalized spacial score (nSPS) is 11.0. The van der Waals surface area contributed by atoms with Gasteiger partial charge in [0.15, 0.2) is 0 Å². The summed E-state index contributed by atoms with van der Waals surface area (Å²) in [6.07, 6.45) is 6.47. The number of carboxylic acid groups (broad SMARTS) is 1. The molecule has 130 valence electrons. The van der Waals surface area contributed by atoms with E-state index in [1.54, 1.807) is 0 Å². The van der Waals surface area contributed by atoms with E-state index in [4.69, 9.17) is 5.11 Å². The van der Waals surface area contributed by atoms with Crippen LogP contribution >= 0.6 is 0 Å². The van der Waals surface area contributed by atoms with Gasteiger partial charge in [0.1, 0.15) is 0 Å². The van der Waals surface area contributed by atoms with E-state index in [0.29, 0.717) is 6.42 Å². The molecule has 2 rings (SSSR count). The Morgan fingerprint density at radius 3 is 2.80 bits per heavy atom. The van der Waals surface area contributed by atoms with Crippen LogP contribution < -0.4 is 0 Å². The van der Waals surface area contributed by atoms with Gasteiger partial charge in [-0.15, -0.1) is 0 Å². The van der Waals surface area contributed by atoms with Crippen LogP contribution in [0, 0.1) is 11.8 Å². The minimum absolute atomic E-state index is 0.233. The van der Waals surface area contributed by atoms with E-state index in [2.05, 4.69) is 72.3 Å². The number of hydrogen-bond donors (Lipinski definition) is 1. The summed E-state index contributed by atoms with van der Waals surface area (Å²) in [4.78, 5) is 12.6. The van der Waals surface area contributed by atoms with Crippen molar-refractivity contribution in [3.63, 3.8) is 0 Å². The largest absolute Gasteiger partial charge is 0.481 e. The molecule has 25 heavy (non-hydrogen) atoms. The third-order valence-electron chi connectivity index (χ3n) is 3.98. The van der Waals surface area contributed by atoms with E-state index in [0.717, 1.165) is 25.9 Å². The highest BCUT2D eigenvalue weighted by atomic mass is 16.4. The summed E-state index contributed by atoms with van der Waals surface area (Å²) in [5.74, 6) is 5.34. The first-order valence-corrected chi connectivity index (χ1v) is 8.67. The van der Waals surface area contributed by atoms with E-state index < -0.39 is 5.97 Å². The van der Waals surface area contributed by atoms with Gasteiger partial charge in [0.2, 0.25) is 0 Å². The zero-order valence-corrected chi connectivity index (χ0v) is 14.7. The fourth-order valence-electron chi connectivity index (χ4n) is 2.70. The van der Waals surface area contributed by atoms with Crippen LogP contribution in [0.3, 0.4) is 0 Å². The van der Waals surface area contributed by atoms with E-state index in [9.17, 15) is 4.79 Å². The molecule has 0 saturated heterocycles. The predicted molar refractivity (Wildman–Crippen MR) is 103 cm³/mol. The molecule has 0 aliphatic rings. The zero-order chi connectivity index (χ0) is 17.9. The molecule has 3 nitrogen and oxygen atoms in total. The quantitative estimate of drug-likeness (QED) is 0.571. The van der Waals surface area contributed by atoms with Crippen LogP contribution in [0.15, 0.2) is 54.6 Å². The second-order valence-electron chi connectivity index (χ2n) is 6.16. The van der Waals surface area contributed by atoms with Crippen molar-refractivity contribution >= 4 is 16.7 Å². The standard InChI is InChI=1S/C22H25NO2/c1-23(17-10-6-4-2-3-5-7-16-22(24)25)18-20-14-11-13-19-12-8-9-15-21(19)20/h6,8-15H,3,5,7,16-18H2,1H3,(H,24,25). The van der Waals surface area contributed by atoms with Gasteiger partial charge in [0.05, 0.1) is 0 Å². The Kier molecular flexibility index (Phi) is 7.75. The number of likely N-dealkylation sites (N-methyl/N-ethyl adjacent to an activating group) is 1. The Balaban J connectivity index is 1.75. The Morgan fingerprint density at radius 2 is 1.96 bits per heavy atom. The highest BCUT2D eigenvalue weighted by Gasteiger charge is 2.02. The highest BCUT2D eigenvalue weighted by Crippen LogP contribution is 2.19. The molecule has 0 aliphatic carbocycles. The predicted octanol–water partition coefficient (Wildman–Crippen LogP) is 4.48. The van der Waals surface area contributed by atoms with Crippen LogP contribution in [0.25, 0.3) is 10.8 Å². The van der Waals surface area contributed by atoms with Gasteiger partial charge in [-0.05, 0) is 42.3 Å². The number of aliphatic carboxylic acids is 1. The molecule has 0 fully saturated rings. The van der Waals surface area contributed by atoms with Gasteiger partial charge < -0.3 is 5.11 Å². The van der Waals surface area contributed by atoms with Crippen LogP contribution in [-0.4, -0.2) is 29.6 Å². The summed E-state index contributed by atoms with van der Waals surface area (Å²) >= 11 is 0. The Morgan fingerprint density at radius 1 is 1.16 bits per heavy atom. The van der Waals surface area contributed by atoms with Gasteiger partial charge >= 0.3 is 5.97 Å². The first-order chi connectivity index (χ1) is 12.2.